The maximum Gasteiger partial charge on any atom is 0.0587 e. The topological polar surface area (TPSA) is 32.3 Å². The van der Waals surface area contributed by atoms with Crippen LogP contribution in [0.25, 0.3) is 0 Å². The molecular weight excluding hydrogens is 174 g/mol. The van der Waals surface area contributed by atoms with Gasteiger partial charge in [0.05, 0.1) is 6.61 Å². The molecule has 0 aliphatic carbocycles. The molecule has 0 bridgehead atoms. The Kier molecular flexibility index (Phi) is 6.85. The van der Waals surface area contributed by atoms with E-state index in [9.17, 15) is 5.11 Å². The van der Waals surface area contributed by atoms with E-state index in [0.717, 1.165) is 6.42 Å². The Morgan fingerprint density at radius 3 is 1.93 bits per heavy atom. The summed E-state index contributed by atoms with van der Waals surface area (Å²) < 4.78 is 0. The van der Waals surface area contributed by atoms with E-state index in [2.05, 4.69) is 39.6 Å². The SMILES string of the molecule is C=CCC(NC(CO)C(C)C)C(C)C. The van der Waals surface area contributed by atoms with Crippen molar-refractivity contribution < 1.29 is 5.11 Å². The van der Waals surface area contributed by atoms with Crippen LogP contribution in [0.15, 0.2) is 12.7 Å². The van der Waals surface area contributed by atoms with Crippen LogP contribution in [0.2, 0.25) is 0 Å². The fourth-order valence-corrected chi connectivity index (χ4v) is 1.44. The molecule has 0 amide bonds. The molecule has 2 atom stereocenters. The molecule has 0 saturated carbocycles. The summed E-state index contributed by atoms with van der Waals surface area (Å²) >= 11 is 0. The summed E-state index contributed by atoms with van der Waals surface area (Å²) in [7, 11) is 0. The predicted molar refractivity (Wildman–Crippen MR) is 62.3 cm³/mol. The zero-order chi connectivity index (χ0) is 11.1. The van der Waals surface area contributed by atoms with Crippen molar-refractivity contribution in [3.63, 3.8) is 0 Å². The van der Waals surface area contributed by atoms with E-state index in [1.54, 1.807) is 0 Å². The predicted octanol–water partition coefficient (Wildman–Crippen LogP) is 2.19. The number of hydrogen-bond acceptors (Lipinski definition) is 2. The van der Waals surface area contributed by atoms with Gasteiger partial charge < -0.3 is 10.4 Å². The van der Waals surface area contributed by atoms with Crippen molar-refractivity contribution in [1.29, 1.82) is 0 Å². The molecule has 2 N–H and O–H groups in total. The van der Waals surface area contributed by atoms with E-state index in [-0.39, 0.29) is 12.6 Å². The molecule has 2 nitrogen and oxygen atoms in total. The summed E-state index contributed by atoms with van der Waals surface area (Å²) in [5, 5.41) is 12.7. The Bertz CT molecular complexity index is 154. The molecule has 0 fully saturated rings. The second-order valence-electron chi connectivity index (χ2n) is 4.57. The normalized spacial score (nSPS) is 15.9. The minimum absolute atomic E-state index is 0.197. The van der Waals surface area contributed by atoms with Crippen LogP contribution in [-0.4, -0.2) is 23.8 Å². The van der Waals surface area contributed by atoms with Gasteiger partial charge in [0, 0.05) is 12.1 Å². The van der Waals surface area contributed by atoms with Crippen molar-refractivity contribution in [1.82, 2.24) is 5.32 Å². The van der Waals surface area contributed by atoms with Gasteiger partial charge in [-0.05, 0) is 18.3 Å². The van der Waals surface area contributed by atoms with Gasteiger partial charge in [0.2, 0.25) is 0 Å². The minimum Gasteiger partial charge on any atom is -0.395 e. The van der Waals surface area contributed by atoms with E-state index in [4.69, 9.17) is 0 Å². The molecule has 0 heterocycles. The molecule has 0 aromatic heterocycles. The third-order valence-electron chi connectivity index (χ3n) is 2.65. The van der Waals surface area contributed by atoms with Crippen LogP contribution in [0.5, 0.6) is 0 Å². The number of aliphatic hydroxyl groups is 1. The lowest BCUT2D eigenvalue weighted by Gasteiger charge is -2.28. The molecule has 0 radical (unpaired) electrons. The van der Waals surface area contributed by atoms with Gasteiger partial charge in [-0.15, -0.1) is 6.58 Å². The first-order valence-corrected chi connectivity index (χ1v) is 5.50. The molecule has 2 heteroatoms. The fourth-order valence-electron chi connectivity index (χ4n) is 1.44. The number of aliphatic hydroxyl groups excluding tert-OH is 1. The van der Waals surface area contributed by atoms with Crippen molar-refractivity contribution in [2.24, 2.45) is 11.8 Å². The number of hydrogen-bond donors (Lipinski definition) is 2. The monoisotopic (exact) mass is 199 g/mol. The number of nitrogens with one attached hydrogen (secondary N) is 1. The second-order valence-corrected chi connectivity index (χ2v) is 4.57. The lowest BCUT2D eigenvalue weighted by atomic mass is 9.97. The Morgan fingerprint density at radius 1 is 1.14 bits per heavy atom. The second kappa shape index (κ2) is 7.02. The minimum atomic E-state index is 0.197. The third-order valence-corrected chi connectivity index (χ3v) is 2.65. The molecule has 0 rings (SSSR count). The van der Waals surface area contributed by atoms with Gasteiger partial charge in [0.15, 0.2) is 0 Å². The van der Waals surface area contributed by atoms with Crippen molar-refractivity contribution in [3.05, 3.63) is 12.7 Å². The zero-order valence-corrected chi connectivity index (χ0v) is 9.96. The highest BCUT2D eigenvalue weighted by Gasteiger charge is 2.18. The van der Waals surface area contributed by atoms with Crippen LogP contribution in [-0.2, 0) is 0 Å². The molecule has 0 aromatic carbocycles. The van der Waals surface area contributed by atoms with E-state index in [1.807, 2.05) is 6.08 Å². The van der Waals surface area contributed by atoms with Gasteiger partial charge in [-0.25, -0.2) is 0 Å². The molecule has 0 aliphatic rings. The molecular formula is C12H25NO. The van der Waals surface area contributed by atoms with Crippen LogP contribution in [0.4, 0.5) is 0 Å². The van der Waals surface area contributed by atoms with Crippen molar-refractivity contribution in [2.45, 2.75) is 46.2 Å². The number of rotatable bonds is 7. The van der Waals surface area contributed by atoms with E-state index in [0.29, 0.717) is 17.9 Å². The highest BCUT2D eigenvalue weighted by atomic mass is 16.3. The highest BCUT2D eigenvalue weighted by molar-refractivity contribution is 4.84. The lowest BCUT2D eigenvalue weighted by molar-refractivity contribution is 0.188. The first kappa shape index (κ1) is 13.7. The Hall–Kier alpha value is -0.340. The highest BCUT2D eigenvalue weighted by Crippen LogP contribution is 2.10. The Balaban J connectivity index is 4.17. The van der Waals surface area contributed by atoms with Gasteiger partial charge in [-0.3, -0.25) is 0 Å². The summed E-state index contributed by atoms with van der Waals surface area (Å²) in [5.41, 5.74) is 0. The smallest absolute Gasteiger partial charge is 0.0587 e. The summed E-state index contributed by atoms with van der Waals surface area (Å²) in [4.78, 5) is 0. The van der Waals surface area contributed by atoms with Gasteiger partial charge in [-0.2, -0.15) is 0 Å². The van der Waals surface area contributed by atoms with E-state index in [1.165, 1.54) is 0 Å². The molecule has 84 valence electrons. The molecule has 14 heavy (non-hydrogen) atoms. The molecule has 0 aliphatic heterocycles. The van der Waals surface area contributed by atoms with Crippen molar-refractivity contribution in [2.75, 3.05) is 6.61 Å². The Labute approximate surface area is 88.4 Å². The average molecular weight is 199 g/mol. The standard InChI is InChI=1S/C12H25NO/c1-6-7-11(9(2)3)13-12(8-14)10(4)5/h6,9-14H,1,7-8H2,2-5H3. The summed E-state index contributed by atoms with van der Waals surface area (Å²) in [6.45, 7) is 12.6. The third kappa shape index (κ3) is 4.77. The van der Waals surface area contributed by atoms with Gasteiger partial charge in [-0.1, -0.05) is 33.8 Å². The van der Waals surface area contributed by atoms with Gasteiger partial charge >= 0.3 is 0 Å². The molecule has 2 unspecified atom stereocenters. The van der Waals surface area contributed by atoms with Gasteiger partial charge in [0.25, 0.3) is 0 Å². The Morgan fingerprint density at radius 2 is 1.64 bits per heavy atom. The quantitative estimate of drug-likeness (QED) is 0.616. The zero-order valence-electron chi connectivity index (χ0n) is 9.96. The summed E-state index contributed by atoms with van der Waals surface area (Å²) in [6, 6.07) is 0.620. The maximum absolute atomic E-state index is 9.21. The first-order valence-electron chi connectivity index (χ1n) is 5.50. The van der Waals surface area contributed by atoms with E-state index >= 15 is 0 Å². The first-order chi connectivity index (χ1) is 6.52. The average Bonchev–Trinajstić information content (AvgIpc) is 2.11. The van der Waals surface area contributed by atoms with E-state index < -0.39 is 0 Å². The summed E-state index contributed by atoms with van der Waals surface area (Å²) in [5.74, 6) is 1.03. The van der Waals surface area contributed by atoms with Crippen molar-refractivity contribution >= 4 is 0 Å². The molecule has 0 saturated heterocycles. The van der Waals surface area contributed by atoms with Crippen LogP contribution >= 0.6 is 0 Å². The lowest BCUT2D eigenvalue weighted by Crippen LogP contribution is -2.45. The van der Waals surface area contributed by atoms with Crippen LogP contribution in [0.1, 0.15) is 34.1 Å². The summed E-state index contributed by atoms with van der Waals surface area (Å²) in [6.07, 6.45) is 2.90. The van der Waals surface area contributed by atoms with Crippen LogP contribution in [0.3, 0.4) is 0 Å². The maximum atomic E-state index is 9.21. The molecule has 0 spiro atoms. The van der Waals surface area contributed by atoms with Gasteiger partial charge in [0.1, 0.15) is 0 Å². The molecule has 0 aromatic rings. The van der Waals surface area contributed by atoms with Crippen molar-refractivity contribution in [3.8, 4) is 0 Å². The fraction of sp³-hybridized carbons (Fsp3) is 0.833. The van der Waals surface area contributed by atoms with Crippen LogP contribution in [0, 0.1) is 11.8 Å². The largest absolute Gasteiger partial charge is 0.395 e. The van der Waals surface area contributed by atoms with Crippen LogP contribution < -0.4 is 5.32 Å².